The lowest BCUT2D eigenvalue weighted by Gasteiger charge is -2.43. The lowest BCUT2D eigenvalue weighted by atomic mass is 10.0. The smallest absolute Gasteiger partial charge is 0.241 e. The van der Waals surface area contributed by atoms with E-state index in [9.17, 15) is 13.2 Å². The van der Waals surface area contributed by atoms with Crippen LogP contribution < -0.4 is 4.90 Å². The predicted molar refractivity (Wildman–Crippen MR) is 89.3 cm³/mol. The van der Waals surface area contributed by atoms with Gasteiger partial charge < -0.3 is 9.32 Å². The molecule has 2 aliphatic rings. The zero-order valence-corrected chi connectivity index (χ0v) is 13.9. The maximum atomic E-state index is 12.7. The standard InChI is InChI=1S/C17H18N2O4S/c20-17-10-18(9-14-7-4-8-23-14)15-11-24(21,22)12-16(15)19(17)13-5-2-1-3-6-13/h1-8,15-16H,9-12H2/t15-,16-/m0/s1. The Hall–Kier alpha value is -2.12. The molecule has 0 spiro atoms. The van der Waals surface area contributed by atoms with Crippen LogP contribution in [0.1, 0.15) is 5.76 Å². The van der Waals surface area contributed by atoms with E-state index in [4.69, 9.17) is 4.42 Å². The SMILES string of the molecule is O=C1CN(Cc2ccco2)[C@H]2CS(=O)(=O)C[C@@H]2N1c1ccccc1. The van der Waals surface area contributed by atoms with Crippen LogP contribution in [0, 0.1) is 0 Å². The van der Waals surface area contributed by atoms with E-state index in [1.165, 1.54) is 0 Å². The molecular weight excluding hydrogens is 328 g/mol. The summed E-state index contributed by atoms with van der Waals surface area (Å²) in [6.07, 6.45) is 1.58. The number of amides is 1. The summed E-state index contributed by atoms with van der Waals surface area (Å²) in [4.78, 5) is 16.3. The number of fused-ring (bicyclic) bond motifs is 1. The molecule has 2 atom stereocenters. The van der Waals surface area contributed by atoms with Crippen molar-refractivity contribution in [1.29, 1.82) is 0 Å². The minimum absolute atomic E-state index is 0.00690. The van der Waals surface area contributed by atoms with Crippen LogP contribution in [-0.4, -0.2) is 49.4 Å². The van der Waals surface area contributed by atoms with Crippen LogP contribution in [0.25, 0.3) is 0 Å². The topological polar surface area (TPSA) is 70.8 Å². The van der Waals surface area contributed by atoms with Gasteiger partial charge in [0.15, 0.2) is 9.84 Å². The molecule has 2 fully saturated rings. The number of hydrogen-bond acceptors (Lipinski definition) is 5. The van der Waals surface area contributed by atoms with Crippen molar-refractivity contribution < 1.29 is 17.6 Å². The van der Waals surface area contributed by atoms with E-state index >= 15 is 0 Å². The van der Waals surface area contributed by atoms with Crippen molar-refractivity contribution in [3.63, 3.8) is 0 Å². The number of rotatable bonds is 3. The van der Waals surface area contributed by atoms with Crippen LogP contribution in [0.3, 0.4) is 0 Å². The third kappa shape index (κ3) is 2.74. The van der Waals surface area contributed by atoms with E-state index in [0.29, 0.717) is 6.54 Å². The molecule has 6 nitrogen and oxygen atoms in total. The number of nitrogens with zero attached hydrogens (tertiary/aromatic N) is 2. The molecule has 0 N–H and O–H groups in total. The second-order valence-corrected chi connectivity index (χ2v) is 8.45. The van der Waals surface area contributed by atoms with Crippen molar-refractivity contribution in [2.75, 3.05) is 23.0 Å². The second kappa shape index (κ2) is 5.75. The Balaban J connectivity index is 1.68. The van der Waals surface area contributed by atoms with Crippen LogP contribution in [0.5, 0.6) is 0 Å². The molecule has 0 saturated carbocycles. The Morgan fingerprint density at radius 2 is 1.79 bits per heavy atom. The number of benzene rings is 1. The Bertz CT molecular complexity index is 833. The average Bonchev–Trinajstić information content (AvgIpc) is 3.15. The summed E-state index contributed by atoms with van der Waals surface area (Å²) in [5.74, 6) is 0.743. The molecule has 24 heavy (non-hydrogen) atoms. The van der Waals surface area contributed by atoms with Crippen LogP contribution in [0.15, 0.2) is 53.1 Å². The van der Waals surface area contributed by atoms with Gasteiger partial charge in [-0.2, -0.15) is 0 Å². The number of piperazine rings is 1. The summed E-state index contributed by atoms with van der Waals surface area (Å²) in [5, 5.41) is 0. The summed E-state index contributed by atoms with van der Waals surface area (Å²) in [6.45, 7) is 0.629. The van der Waals surface area contributed by atoms with Gasteiger partial charge in [0.25, 0.3) is 0 Å². The molecule has 4 rings (SSSR count). The number of anilines is 1. The first kappa shape index (κ1) is 15.4. The fourth-order valence-corrected chi connectivity index (χ4v) is 5.64. The second-order valence-electron chi connectivity index (χ2n) is 6.30. The lowest BCUT2D eigenvalue weighted by Crippen LogP contribution is -2.61. The van der Waals surface area contributed by atoms with E-state index < -0.39 is 9.84 Å². The Morgan fingerprint density at radius 3 is 2.50 bits per heavy atom. The van der Waals surface area contributed by atoms with Gasteiger partial charge in [-0.3, -0.25) is 9.69 Å². The van der Waals surface area contributed by atoms with Gasteiger partial charge in [-0.25, -0.2) is 8.42 Å². The molecule has 2 saturated heterocycles. The van der Waals surface area contributed by atoms with Crippen molar-refractivity contribution >= 4 is 21.4 Å². The normalized spacial score (nSPS) is 26.5. The maximum absolute atomic E-state index is 12.7. The van der Waals surface area contributed by atoms with Gasteiger partial charge in [0, 0.05) is 11.7 Å². The highest BCUT2D eigenvalue weighted by Crippen LogP contribution is 2.32. The molecule has 2 aromatic rings. The molecule has 0 aliphatic carbocycles. The van der Waals surface area contributed by atoms with Crippen LogP contribution in [-0.2, 0) is 21.2 Å². The maximum Gasteiger partial charge on any atom is 0.241 e. The van der Waals surface area contributed by atoms with Gasteiger partial charge in [0.2, 0.25) is 5.91 Å². The fourth-order valence-electron chi connectivity index (χ4n) is 3.66. The first-order valence-corrected chi connectivity index (χ1v) is 9.70. The van der Waals surface area contributed by atoms with Crippen LogP contribution in [0.2, 0.25) is 0 Å². The molecule has 126 valence electrons. The van der Waals surface area contributed by atoms with Gasteiger partial charge in [0.1, 0.15) is 5.76 Å². The van der Waals surface area contributed by atoms with Crippen molar-refractivity contribution in [3.05, 3.63) is 54.5 Å². The first-order valence-electron chi connectivity index (χ1n) is 7.87. The highest BCUT2D eigenvalue weighted by atomic mass is 32.2. The van der Waals surface area contributed by atoms with Gasteiger partial charge >= 0.3 is 0 Å². The molecule has 2 aliphatic heterocycles. The average molecular weight is 346 g/mol. The van der Waals surface area contributed by atoms with Crippen molar-refractivity contribution in [3.8, 4) is 0 Å². The molecule has 0 radical (unpaired) electrons. The Labute approximate surface area is 140 Å². The predicted octanol–water partition coefficient (Wildman–Crippen LogP) is 1.29. The van der Waals surface area contributed by atoms with Gasteiger partial charge in [-0.1, -0.05) is 18.2 Å². The number of furan rings is 1. The Kier molecular flexibility index (Phi) is 3.69. The number of hydrogen-bond donors (Lipinski definition) is 0. The van der Waals surface area contributed by atoms with Gasteiger partial charge in [-0.15, -0.1) is 0 Å². The third-order valence-corrected chi connectivity index (χ3v) is 6.37. The summed E-state index contributed by atoms with van der Waals surface area (Å²) in [6, 6.07) is 12.4. The first-order chi connectivity index (χ1) is 11.5. The summed E-state index contributed by atoms with van der Waals surface area (Å²) in [5.41, 5.74) is 0.757. The van der Waals surface area contributed by atoms with Crippen molar-refractivity contribution in [2.45, 2.75) is 18.6 Å². The minimum atomic E-state index is -3.17. The van der Waals surface area contributed by atoms with Crippen LogP contribution in [0.4, 0.5) is 5.69 Å². The molecule has 7 heteroatoms. The van der Waals surface area contributed by atoms with Crippen LogP contribution >= 0.6 is 0 Å². The third-order valence-electron chi connectivity index (χ3n) is 4.67. The molecule has 1 aromatic carbocycles. The molecule has 1 aromatic heterocycles. The summed E-state index contributed by atoms with van der Waals surface area (Å²) < 4.78 is 29.8. The van der Waals surface area contributed by atoms with E-state index in [-0.39, 0.29) is 36.0 Å². The number of carbonyl (C=O) groups is 1. The van der Waals surface area contributed by atoms with E-state index in [2.05, 4.69) is 0 Å². The zero-order chi connectivity index (χ0) is 16.7. The van der Waals surface area contributed by atoms with E-state index in [0.717, 1.165) is 11.4 Å². The monoisotopic (exact) mass is 346 g/mol. The van der Waals surface area contributed by atoms with Crippen molar-refractivity contribution in [1.82, 2.24) is 4.90 Å². The van der Waals surface area contributed by atoms with Gasteiger partial charge in [0.05, 0.1) is 36.9 Å². The van der Waals surface area contributed by atoms with E-state index in [1.807, 2.05) is 41.3 Å². The largest absolute Gasteiger partial charge is 0.468 e. The molecule has 1 amide bonds. The number of para-hydroxylation sites is 1. The minimum Gasteiger partial charge on any atom is -0.468 e. The molecule has 0 unspecified atom stereocenters. The Morgan fingerprint density at radius 1 is 1.04 bits per heavy atom. The molecular formula is C17H18N2O4S. The zero-order valence-electron chi connectivity index (χ0n) is 13.0. The number of sulfone groups is 1. The lowest BCUT2D eigenvalue weighted by molar-refractivity contribution is -0.123. The molecule has 3 heterocycles. The van der Waals surface area contributed by atoms with E-state index in [1.54, 1.807) is 17.2 Å². The summed E-state index contributed by atoms with van der Waals surface area (Å²) >= 11 is 0. The summed E-state index contributed by atoms with van der Waals surface area (Å²) in [7, 11) is -3.17. The highest BCUT2D eigenvalue weighted by molar-refractivity contribution is 7.91. The van der Waals surface area contributed by atoms with Crippen molar-refractivity contribution in [2.24, 2.45) is 0 Å². The van der Waals surface area contributed by atoms with Gasteiger partial charge in [-0.05, 0) is 24.3 Å². The molecule has 0 bridgehead atoms. The number of carbonyl (C=O) groups excluding carboxylic acids is 1. The highest BCUT2D eigenvalue weighted by Gasteiger charge is 2.49. The fraction of sp³-hybridized carbons (Fsp3) is 0.353. The quantitative estimate of drug-likeness (QED) is 0.838.